The minimum atomic E-state index is -3.13. The summed E-state index contributed by atoms with van der Waals surface area (Å²) in [5.41, 5.74) is 0. The lowest BCUT2D eigenvalue weighted by Crippen LogP contribution is -2.50. The Hall–Kier alpha value is -0.530. The van der Waals surface area contributed by atoms with Gasteiger partial charge in [0.15, 0.2) is 9.84 Å². The van der Waals surface area contributed by atoms with E-state index < -0.39 is 27.9 Å². The Morgan fingerprint density at radius 2 is 2.00 bits per heavy atom. The molecule has 2 atom stereocenters. The zero-order chi connectivity index (χ0) is 16.0. The fourth-order valence-electron chi connectivity index (χ4n) is 2.39. The molecule has 0 aliphatic carbocycles. The Morgan fingerprint density at radius 3 is 2.43 bits per heavy atom. The van der Waals surface area contributed by atoms with E-state index in [-0.39, 0.29) is 35.8 Å². The van der Waals surface area contributed by atoms with Gasteiger partial charge in [0.25, 0.3) is 0 Å². The molecule has 1 aliphatic heterocycles. The molecule has 21 heavy (non-hydrogen) atoms. The second-order valence-electron chi connectivity index (χ2n) is 4.87. The van der Waals surface area contributed by atoms with E-state index in [0.717, 1.165) is 0 Å². The quantitative estimate of drug-likeness (QED) is 0.496. The van der Waals surface area contributed by atoms with Crippen LogP contribution in [-0.2, 0) is 24.2 Å². The van der Waals surface area contributed by atoms with E-state index in [0.29, 0.717) is 12.8 Å². The first kappa shape index (κ1) is 18.5. The van der Waals surface area contributed by atoms with Crippen LogP contribution in [0.4, 0.5) is 0 Å². The fourth-order valence-corrected chi connectivity index (χ4v) is 4.32. The van der Waals surface area contributed by atoms with Gasteiger partial charge in [-0.05, 0) is 12.8 Å². The molecule has 0 saturated carbocycles. The molecule has 0 radical (unpaired) electrons. The van der Waals surface area contributed by atoms with Crippen LogP contribution in [0.3, 0.4) is 0 Å². The number of hydrogen-bond donors (Lipinski definition) is 0. The number of esters is 1. The summed E-state index contributed by atoms with van der Waals surface area (Å²) in [4.78, 5) is 24.7. The molecule has 1 saturated heterocycles. The molecule has 1 rings (SSSR count). The van der Waals surface area contributed by atoms with Crippen LogP contribution in [0.5, 0.6) is 0 Å². The summed E-state index contributed by atoms with van der Waals surface area (Å²) in [5.74, 6) is -1.45. The van der Waals surface area contributed by atoms with Crippen LogP contribution in [0.2, 0.25) is 0 Å². The molecule has 0 bridgehead atoms. The van der Waals surface area contributed by atoms with Gasteiger partial charge in [0.1, 0.15) is 18.4 Å². The molecule has 0 aromatic heterocycles. The predicted molar refractivity (Wildman–Crippen MR) is 80.4 cm³/mol. The number of carbonyl (C=O) groups excluding carboxylic acids is 2. The number of nitrogens with zero attached hydrogens (tertiary/aromatic N) is 1. The minimum Gasteiger partial charge on any atom is -0.463 e. The van der Waals surface area contributed by atoms with E-state index in [2.05, 4.69) is 0 Å². The SMILES string of the molecule is CC[C@@H](COC(=O)CCl)N(C(=O)CCl)[C@H]1CCS(=O)(=O)C1. The van der Waals surface area contributed by atoms with E-state index in [4.69, 9.17) is 27.9 Å². The minimum absolute atomic E-state index is 0.0127. The molecule has 6 nitrogen and oxygen atoms in total. The molecule has 0 aromatic carbocycles. The Kier molecular flexibility index (Phi) is 7.23. The second kappa shape index (κ2) is 8.19. The lowest BCUT2D eigenvalue weighted by molar-refractivity contribution is -0.146. The largest absolute Gasteiger partial charge is 0.463 e. The van der Waals surface area contributed by atoms with Crippen molar-refractivity contribution in [3.05, 3.63) is 0 Å². The van der Waals surface area contributed by atoms with Gasteiger partial charge in [-0.2, -0.15) is 0 Å². The van der Waals surface area contributed by atoms with Crippen LogP contribution in [-0.4, -0.2) is 67.2 Å². The number of rotatable bonds is 7. The first-order valence-electron chi connectivity index (χ1n) is 6.63. The molecule has 0 unspecified atom stereocenters. The van der Waals surface area contributed by atoms with Crippen LogP contribution >= 0.6 is 23.2 Å². The van der Waals surface area contributed by atoms with Crippen molar-refractivity contribution < 1.29 is 22.7 Å². The van der Waals surface area contributed by atoms with E-state index in [9.17, 15) is 18.0 Å². The molecular weight excluding hydrogens is 341 g/mol. The van der Waals surface area contributed by atoms with Crippen molar-refractivity contribution in [2.45, 2.75) is 31.8 Å². The summed E-state index contributed by atoms with van der Waals surface area (Å²) in [6.45, 7) is 1.82. The Labute approximate surface area is 134 Å². The van der Waals surface area contributed by atoms with Gasteiger partial charge in [0.05, 0.1) is 17.5 Å². The van der Waals surface area contributed by atoms with E-state index in [1.807, 2.05) is 6.92 Å². The second-order valence-corrected chi connectivity index (χ2v) is 7.63. The molecule has 1 aliphatic rings. The lowest BCUT2D eigenvalue weighted by atomic mass is 10.1. The van der Waals surface area contributed by atoms with Crippen LogP contribution in [0.25, 0.3) is 0 Å². The standard InChI is InChI=1S/C12H19Cl2NO5S/c1-2-9(7-20-12(17)6-14)15(11(16)5-13)10-3-4-21(18,19)8-10/h9-10H,2-8H2,1H3/t9-,10-/m0/s1. The van der Waals surface area contributed by atoms with Crippen LogP contribution in [0.15, 0.2) is 0 Å². The van der Waals surface area contributed by atoms with Gasteiger partial charge in [0, 0.05) is 6.04 Å². The topological polar surface area (TPSA) is 80.8 Å². The Bertz CT molecular complexity index is 482. The van der Waals surface area contributed by atoms with Crippen molar-refractivity contribution >= 4 is 44.9 Å². The Balaban J connectivity index is 2.84. The number of ether oxygens (including phenoxy) is 1. The van der Waals surface area contributed by atoms with E-state index in [1.165, 1.54) is 4.90 Å². The molecular formula is C12H19Cl2NO5S. The lowest BCUT2D eigenvalue weighted by Gasteiger charge is -2.35. The normalized spacial score (nSPS) is 21.8. The van der Waals surface area contributed by atoms with Gasteiger partial charge in [-0.25, -0.2) is 8.42 Å². The number of carbonyl (C=O) groups is 2. The molecule has 0 N–H and O–H groups in total. The molecule has 1 heterocycles. The van der Waals surface area contributed by atoms with Gasteiger partial charge in [-0.15, -0.1) is 23.2 Å². The summed E-state index contributed by atoms with van der Waals surface area (Å²) < 4.78 is 28.2. The molecule has 1 amide bonds. The maximum absolute atomic E-state index is 12.1. The third-order valence-corrected chi connectivity index (χ3v) is 5.61. The zero-order valence-corrected chi connectivity index (χ0v) is 14.1. The number of sulfone groups is 1. The summed E-state index contributed by atoms with van der Waals surface area (Å²) in [7, 11) is -3.13. The zero-order valence-electron chi connectivity index (χ0n) is 11.8. The van der Waals surface area contributed by atoms with Crippen LogP contribution < -0.4 is 0 Å². The molecule has 0 spiro atoms. The maximum Gasteiger partial charge on any atom is 0.320 e. The fraction of sp³-hybridized carbons (Fsp3) is 0.833. The monoisotopic (exact) mass is 359 g/mol. The van der Waals surface area contributed by atoms with Crippen molar-refractivity contribution in [3.63, 3.8) is 0 Å². The highest BCUT2D eigenvalue weighted by Crippen LogP contribution is 2.22. The Morgan fingerprint density at radius 1 is 1.33 bits per heavy atom. The van der Waals surface area contributed by atoms with Crippen LogP contribution in [0.1, 0.15) is 19.8 Å². The number of hydrogen-bond acceptors (Lipinski definition) is 5. The van der Waals surface area contributed by atoms with Gasteiger partial charge in [-0.3, -0.25) is 9.59 Å². The van der Waals surface area contributed by atoms with E-state index in [1.54, 1.807) is 0 Å². The van der Waals surface area contributed by atoms with E-state index >= 15 is 0 Å². The highest BCUT2D eigenvalue weighted by Gasteiger charge is 2.37. The predicted octanol–water partition coefficient (Wildman–Crippen LogP) is 0.802. The third-order valence-electron chi connectivity index (χ3n) is 3.41. The highest BCUT2D eigenvalue weighted by atomic mass is 35.5. The maximum atomic E-state index is 12.1. The summed E-state index contributed by atoms with van der Waals surface area (Å²) in [5, 5.41) is 0. The van der Waals surface area contributed by atoms with Crippen molar-refractivity contribution in [2.75, 3.05) is 29.9 Å². The van der Waals surface area contributed by atoms with Gasteiger partial charge in [-0.1, -0.05) is 6.92 Å². The first-order valence-corrected chi connectivity index (χ1v) is 9.52. The van der Waals surface area contributed by atoms with Crippen molar-refractivity contribution in [2.24, 2.45) is 0 Å². The number of halogens is 2. The van der Waals surface area contributed by atoms with Crippen molar-refractivity contribution in [1.29, 1.82) is 0 Å². The number of alkyl halides is 2. The summed E-state index contributed by atoms with van der Waals surface area (Å²) in [6, 6.07) is -0.817. The first-order chi connectivity index (χ1) is 9.84. The van der Waals surface area contributed by atoms with Crippen molar-refractivity contribution in [3.8, 4) is 0 Å². The molecule has 9 heteroatoms. The van der Waals surface area contributed by atoms with Crippen LogP contribution in [0, 0.1) is 0 Å². The average molecular weight is 360 g/mol. The summed E-state index contributed by atoms with van der Waals surface area (Å²) >= 11 is 11.0. The smallest absolute Gasteiger partial charge is 0.320 e. The molecule has 1 fully saturated rings. The number of amides is 1. The highest BCUT2D eigenvalue weighted by molar-refractivity contribution is 7.91. The van der Waals surface area contributed by atoms with Gasteiger partial charge >= 0.3 is 5.97 Å². The van der Waals surface area contributed by atoms with Gasteiger partial charge < -0.3 is 9.64 Å². The molecule has 0 aromatic rings. The summed E-state index contributed by atoms with van der Waals surface area (Å²) in [6.07, 6.45) is 0.902. The average Bonchev–Trinajstić information content (AvgIpc) is 2.81. The third kappa shape index (κ3) is 5.30. The molecule has 122 valence electrons. The van der Waals surface area contributed by atoms with Crippen molar-refractivity contribution in [1.82, 2.24) is 4.90 Å². The van der Waals surface area contributed by atoms with Gasteiger partial charge in [0.2, 0.25) is 5.91 Å².